The van der Waals surface area contributed by atoms with E-state index in [2.05, 4.69) is 4.72 Å². The van der Waals surface area contributed by atoms with Crippen molar-refractivity contribution in [2.75, 3.05) is 0 Å². The Morgan fingerprint density at radius 1 is 1.08 bits per heavy atom. The number of hydrogen-bond donors (Lipinski definition) is 2. The van der Waals surface area contributed by atoms with Crippen molar-refractivity contribution in [2.24, 2.45) is 5.92 Å². The van der Waals surface area contributed by atoms with Gasteiger partial charge in [-0.25, -0.2) is 8.42 Å². The summed E-state index contributed by atoms with van der Waals surface area (Å²) in [7, 11) is -3.92. The van der Waals surface area contributed by atoms with Crippen molar-refractivity contribution in [3.63, 3.8) is 0 Å². The third-order valence-electron chi connectivity index (χ3n) is 4.10. The highest BCUT2D eigenvalue weighted by molar-refractivity contribution is 7.89. The van der Waals surface area contributed by atoms with Gasteiger partial charge in [0.15, 0.2) is 0 Å². The number of nitrogens with one attached hydrogen (secondary N) is 1. The van der Waals surface area contributed by atoms with Gasteiger partial charge in [0, 0.05) is 5.02 Å². The molecule has 0 heterocycles. The summed E-state index contributed by atoms with van der Waals surface area (Å²) in [4.78, 5) is 11.4. The van der Waals surface area contributed by atoms with Crippen LogP contribution in [0.5, 0.6) is 0 Å². The number of carboxylic acids is 1. The van der Waals surface area contributed by atoms with E-state index in [4.69, 9.17) is 11.6 Å². The molecule has 2 aromatic rings. The average molecular weight is 382 g/mol. The Kier molecular flexibility index (Phi) is 6.21. The second-order valence-electron chi connectivity index (χ2n) is 5.85. The van der Waals surface area contributed by atoms with Crippen LogP contribution in [0.4, 0.5) is 0 Å². The first-order valence-electron chi connectivity index (χ1n) is 7.85. The van der Waals surface area contributed by atoms with Gasteiger partial charge in [0.05, 0.1) is 4.90 Å². The van der Waals surface area contributed by atoms with Crippen LogP contribution in [0.1, 0.15) is 20.3 Å². The van der Waals surface area contributed by atoms with E-state index < -0.39 is 22.0 Å². The molecule has 0 saturated carbocycles. The van der Waals surface area contributed by atoms with Gasteiger partial charge in [-0.2, -0.15) is 4.72 Å². The van der Waals surface area contributed by atoms with Gasteiger partial charge in [0.1, 0.15) is 6.04 Å². The van der Waals surface area contributed by atoms with Gasteiger partial charge in [-0.05, 0) is 41.3 Å². The van der Waals surface area contributed by atoms with E-state index in [9.17, 15) is 18.3 Å². The molecular formula is C18H20ClNO4S. The smallest absolute Gasteiger partial charge is 0.322 e. The van der Waals surface area contributed by atoms with E-state index in [1.165, 1.54) is 12.1 Å². The second-order valence-corrected chi connectivity index (χ2v) is 8.00. The zero-order valence-corrected chi connectivity index (χ0v) is 15.5. The molecule has 7 heteroatoms. The fourth-order valence-electron chi connectivity index (χ4n) is 2.35. The maximum atomic E-state index is 12.5. The zero-order valence-electron chi connectivity index (χ0n) is 13.9. The van der Waals surface area contributed by atoms with E-state index in [1.54, 1.807) is 31.2 Å². The first-order valence-corrected chi connectivity index (χ1v) is 9.72. The number of benzene rings is 2. The van der Waals surface area contributed by atoms with Crippen LogP contribution in [-0.2, 0) is 14.8 Å². The van der Waals surface area contributed by atoms with Crippen molar-refractivity contribution in [3.05, 3.63) is 53.6 Å². The zero-order chi connectivity index (χ0) is 18.6. The fourth-order valence-corrected chi connectivity index (χ4v) is 3.77. The fraction of sp³-hybridized carbons (Fsp3) is 0.278. The number of aliphatic carboxylic acids is 1. The highest BCUT2D eigenvalue weighted by atomic mass is 35.5. The van der Waals surface area contributed by atoms with E-state index in [0.717, 1.165) is 11.1 Å². The van der Waals surface area contributed by atoms with Crippen molar-refractivity contribution >= 4 is 27.6 Å². The molecule has 0 aliphatic rings. The summed E-state index contributed by atoms with van der Waals surface area (Å²) in [6.45, 7) is 3.51. The van der Waals surface area contributed by atoms with Crippen LogP contribution in [0, 0.1) is 5.92 Å². The van der Waals surface area contributed by atoms with Crippen LogP contribution in [0.2, 0.25) is 5.02 Å². The standard InChI is InChI=1S/C18H20ClNO4S/c1-3-12(2)17(18(21)22)20-25(23,24)16-10-6-14(7-11-16)13-4-8-15(19)9-5-13/h4-12,17,20H,3H2,1-2H3,(H,21,22)/t12-,17-/m0/s1. The Morgan fingerprint density at radius 2 is 1.56 bits per heavy atom. The average Bonchev–Trinajstić information content (AvgIpc) is 2.59. The number of halogens is 1. The number of carboxylic acid groups (broad SMARTS) is 1. The maximum Gasteiger partial charge on any atom is 0.322 e. The Morgan fingerprint density at radius 3 is 2.00 bits per heavy atom. The van der Waals surface area contributed by atoms with Gasteiger partial charge >= 0.3 is 5.97 Å². The first kappa shape index (κ1) is 19.4. The van der Waals surface area contributed by atoms with Gasteiger partial charge in [-0.15, -0.1) is 0 Å². The number of sulfonamides is 1. The molecule has 0 aromatic heterocycles. The summed E-state index contributed by atoms with van der Waals surface area (Å²) in [6.07, 6.45) is 0.551. The molecule has 0 amide bonds. The van der Waals surface area contributed by atoms with Crippen molar-refractivity contribution in [1.82, 2.24) is 4.72 Å². The van der Waals surface area contributed by atoms with Crippen molar-refractivity contribution < 1.29 is 18.3 Å². The third-order valence-corrected chi connectivity index (χ3v) is 5.81. The maximum absolute atomic E-state index is 12.5. The lowest BCUT2D eigenvalue weighted by molar-refractivity contribution is -0.140. The van der Waals surface area contributed by atoms with E-state index in [1.807, 2.05) is 19.1 Å². The van der Waals surface area contributed by atoms with Crippen molar-refractivity contribution in [1.29, 1.82) is 0 Å². The molecule has 0 bridgehead atoms. The molecule has 2 aromatic carbocycles. The van der Waals surface area contributed by atoms with Gasteiger partial charge in [-0.1, -0.05) is 56.1 Å². The summed E-state index contributed by atoms with van der Waals surface area (Å²) in [5.41, 5.74) is 1.75. The highest BCUT2D eigenvalue weighted by Crippen LogP contribution is 2.23. The van der Waals surface area contributed by atoms with Crippen LogP contribution >= 0.6 is 11.6 Å². The minimum absolute atomic E-state index is 0.0276. The Balaban J connectivity index is 2.25. The lowest BCUT2D eigenvalue weighted by Gasteiger charge is -2.20. The molecule has 0 aliphatic heterocycles. The van der Waals surface area contributed by atoms with E-state index >= 15 is 0 Å². The minimum Gasteiger partial charge on any atom is -0.480 e. The number of carbonyl (C=O) groups is 1. The third kappa shape index (κ3) is 4.81. The molecule has 2 N–H and O–H groups in total. The molecule has 2 rings (SSSR count). The molecule has 2 atom stereocenters. The molecule has 0 fully saturated rings. The van der Waals surface area contributed by atoms with E-state index in [0.29, 0.717) is 11.4 Å². The predicted molar refractivity (Wildman–Crippen MR) is 98.1 cm³/mol. The van der Waals surface area contributed by atoms with Crippen molar-refractivity contribution in [3.8, 4) is 11.1 Å². The topological polar surface area (TPSA) is 83.5 Å². The Labute approximate surface area is 152 Å². The second kappa shape index (κ2) is 7.99. The monoisotopic (exact) mass is 381 g/mol. The molecule has 25 heavy (non-hydrogen) atoms. The van der Waals surface area contributed by atoms with Crippen LogP contribution in [0.25, 0.3) is 11.1 Å². The summed E-state index contributed by atoms with van der Waals surface area (Å²) < 4.78 is 27.2. The molecular weight excluding hydrogens is 362 g/mol. The first-order chi connectivity index (χ1) is 11.7. The number of hydrogen-bond acceptors (Lipinski definition) is 3. The molecule has 0 unspecified atom stereocenters. The molecule has 0 radical (unpaired) electrons. The molecule has 0 spiro atoms. The molecule has 0 saturated heterocycles. The number of rotatable bonds is 7. The normalized spacial score (nSPS) is 14.0. The van der Waals surface area contributed by atoms with Crippen LogP contribution in [-0.4, -0.2) is 25.5 Å². The molecule has 0 aliphatic carbocycles. The van der Waals surface area contributed by atoms with Gasteiger partial charge in [-0.3, -0.25) is 4.79 Å². The summed E-state index contributed by atoms with van der Waals surface area (Å²) in [6, 6.07) is 12.3. The SMILES string of the molecule is CC[C@H](C)[C@H](NS(=O)(=O)c1ccc(-c2ccc(Cl)cc2)cc1)C(=O)O. The van der Waals surface area contributed by atoms with E-state index in [-0.39, 0.29) is 10.8 Å². The summed E-state index contributed by atoms with van der Waals surface area (Å²) >= 11 is 5.86. The largest absolute Gasteiger partial charge is 0.480 e. The highest BCUT2D eigenvalue weighted by Gasteiger charge is 2.29. The summed E-state index contributed by atoms with van der Waals surface area (Å²) in [5.74, 6) is -1.50. The van der Waals surface area contributed by atoms with Crippen LogP contribution < -0.4 is 4.72 Å². The van der Waals surface area contributed by atoms with Gasteiger partial charge < -0.3 is 5.11 Å². The predicted octanol–water partition coefficient (Wildman–Crippen LogP) is 3.78. The van der Waals surface area contributed by atoms with Gasteiger partial charge in [0.25, 0.3) is 0 Å². The minimum atomic E-state index is -3.92. The van der Waals surface area contributed by atoms with Crippen LogP contribution in [0.15, 0.2) is 53.4 Å². The molecule has 5 nitrogen and oxygen atoms in total. The van der Waals surface area contributed by atoms with Gasteiger partial charge in [0.2, 0.25) is 10.0 Å². The van der Waals surface area contributed by atoms with Crippen molar-refractivity contribution in [2.45, 2.75) is 31.2 Å². The van der Waals surface area contributed by atoms with Crippen LogP contribution in [0.3, 0.4) is 0 Å². The Bertz CT molecular complexity index is 832. The summed E-state index contributed by atoms with van der Waals surface area (Å²) in [5, 5.41) is 9.88. The molecule has 134 valence electrons. The Hall–Kier alpha value is -1.89. The lowest BCUT2D eigenvalue weighted by Crippen LogP contribution is -2.44. The quantitative estimate of drug-likeness (QED) is 0.764. The lowest BCUT2D eigenvalue weighted by atomic mass is 10.0.